The molecule has 0 bridgehead atoms. The van der Waals surface area contributed by atoms with Gasteiger partial charge in [0.25, 0.3) is 0 Å². The lowest BCUT2D eigenvalue weighted by molar-refractivity contribution is 0.398. The standard InChI is InChI=1S/C6H6.C6H14/c1-2-4-6-5-3-1;1-5-6(2,3)4/h1-6H;5H2,1-4H3. The molecule has 0 amide bonds. The maximum Gasteiger partial charge on any atom is -0.0385 e. The van der Waals surface area contributed by atoms with Gasteiger partial charge in [-0.3, -0.25) is 0 Å². The minimum absolute atomic E-state index is 0.542. The summed E-state index contributed by atoms with van der Waals surface area (Å²) < 4.78 is 0. The molecule has 0 saturated heterocycles. The van der Waals surface area contributed by atoms with E-state index in [1.165, 1.54) is 6.42 Å². The van der Waals surface area contributed by atoms with Crippen molar-refractivity contribution in [1.82, 2.24) is 0 Å². The Kier molecular flexibility index (Phi) is 5.44. The van der Waals surface area contributed by atoms with E-state index in [-0.39, 0.29) is 0 Å². The van der Waals surface area contributed by atoms with Crippen LogP contribution in [0.15, 0.2) is 36.4 Å². The van der Waals surface area contributed by atoms with Gasteiger partial charge in [-0.15, -0.1) is 0 Å². The summed E-state index contributed by atoms with van der Waals surface area (Å²) in [5.74, 6) is 0. The fraction of sp³-hybridized carbons (Fsp3) is 0.500. The Hall–Kier alpha value is -0.780. The largest absolute Gasteiger partial charge is 0.0649 e. The van der Waals surface area contributed by atoms with E-state index in [0.29, 0.717) is 5.41 Å². The van der Waals surface area contributed by atoms with Crippen LogP contribution in [0.25, 0.3) is 0 Å². The van der Waals surface area contributed by atoms with Crippen molar-refractivity contribution in [3.05, 3.63) is 36.4 Å². The molecule has 0 fully saturated rings. The Balaban J connectivity index is 0.000000202. The zero-order valence-electron chi connectivity index (χ0n) is 8.67. The highest BCUT2D eigenvalue weighted by molar-refractivity contribution is 4.99. The minimum Gasteiger partial charge on any atom is -0.0649 e. The molecule has 0 heterocycles. The Morgan fingerprint density at radius 1 is 0.750 bits per heavy atom. The van der Waals surface area contributed by atoms with Gasteiger partial charge in [-0.25, -0.2) is 0 Å². The van der Waals surface area contributed by atoms with E-state index in [0.717, 1.165) is 0 Å². The van der Waals surface area contributed by atoms with Crippen molar-refractivity contribution in [1.29, 1.82) is 0 Å². The van der Waals surface area contributed by atoms with Gasteiger partial charge < -0.3 is 0 Å². The van der Waals surface area contributed by atoms with Gasteiger partial charge in [0.05, 0.1) is 0 Å². The van der Waals surface area contributed by atoms with Gasteiger partial charge in [0.1, 0.15) is 0 Å². The first-order valence-electron chi connectivity index (χ1n) is 4.56. The second-order valence-corrected chi connectivity index (χ2v) is 4.07. The van der Waals surface area contributed by atoms with Gasteiger partial charge in [0.15, 0.2) is 0 Å². The summed E-state index contributed by atoms with van der Waals surface area (Å²) in [4.78, 5) is 0. The van der Waals surface area contributed by atoms with E-state index < -0.39 is 0 Å². The second-order valence-electron chi connectivity index (χ2n) is 4.07. The molecule has 0 aliphatic carbocycles. The van der Waals surface area contributed by atoms with Crippen LogP contribution in [0.1, 0.15) is 34.1 Å². The molecule has 12 heavy (non-hydrogen) atoms. The first kappa shape index (κ1) is 11.2. The molecule has 0 aromatic heterocycles. The molecule has 0 N–H and O–H groups in total. The summed E-state index contributed by atoms with van der Waals surface area (Å²) in [6, 6.07) is 12.0. The molecule has 0 atom stereocenters. The summed E-state index contributed by atoms with van der Waals surface area (Å²) in [7, 11) is 0. The fourth-order valence-corrected chi connectivity index (χ4v) is 0.385. The lowest BCUT2D eigenvalue weighted by Gasteiger charge is -2.12. The van der Waals surface area contributed by atoms with Crippen molar-refractivity contribution in [3.8, 4) is 0 Å². The molecule has 1 aromatic rings. The van der Waals surface area contributed by atoms with E-state index in [2.05, 4.69) is 27.7 Å². The van der Waals surface area contributed by atoms with Crippen LogP contribution in [0, 0.1) is 5.41 Å². The minimum atomic E-state index is 0.542. The predicted molar refractivity (Wildman–Crippen MR) is 56.2 cm³/mol. The van der Waals surface area contributed by atoms with Crippen LogP contribution < -0.4 is 0 Å². The number of hydrogen-bond acceptors (Lipinski definition) is 0. The Bertz CT molecular complexity index is 142. The van der Waals surface area contributed by atoms with Crippen LogP contribution in [0.4, 0.5) is 0 Å². The smallest absolute Gasteiger partial charge is 0.0385 e. The van der Waals surface area contributed by atoms with Crippen molar-refractivity contribution in [3.63, 3.8) is 0 Å². The summed E-state index contributed by atoms with van der Waals surface area (Å²) in [5, 5.41) is 0. The predicted octanol–water partition coefficient (Wildman–Crippen LogP) is 4.13. The highest BCUT2D eigenvalue weighted by Crippen LogP contribution is 2.16. The molecule has 0 nitrogen and oxygen atoms in total. The average molecular weight is 164 g/mol. The van der Waals surface area contributed by atoms with Gasteiger partial charge in [-0.1, -0.05) is 70.5 Å². The van der Waals surface area contributed by atoms with Crippen LogP contribution >= 0.6 is 0 Å². The van der Waals surface area contributed by atoms with E-state index >= 15 is 0 Å². The topological polar surface area (TPSA) is 0 Å². The zero-order chi connectivity index (χ0) is 9.45. The van der Waals surface area contributed by atoms with Crippen LogP contribution in [0.2, 0.25) is 0 Å². The molecule has 1 rings (SSSR count). The third-order valence-electron chi connectivity index (χ3n) is 1.73. The van der Waals surface area contributed by atoms with Gasteiger partial charge in [0.2, 0.25) is 0 Å². The molecule has 0 unspecified atom stereocenters. The van der Waals surface area contributed by atoms with E-state index in [1.807, 2.05) is 36.4 Å². The van der Waals surface area contributed by atoms with Crippen LogP contribution in [-0.4, -0.2) is 0 Å². The molecule has 68 valence electrons. The number of rotatable bonds is 0. The first-order chi connectivity index (χ1) is 5.56. The van der Waals surface area contributed by atoms with Crippen LogP contribution in [0.5, 0.6) is 0 Å². The fourth-order valence-electron chi connectivity index (χ4n) is 0.385. The lowest BCUT2D eigenvalue weighted by Crippen LogP contribution is -2.00. The van der Waals surface area contributed by atoms with Gasteiger partial charge >= 0.3 is 0 Å². The van der Waals surface area contributed by atoms with Crippen molar-refractivity contribution in [2.75, 3.05) is 0 Å². The molecule has 0 radical (unpaired) electrons. The molecular formula is C12H20. The zero-order valence-corrected chi connectivity index (χ0v) is 8.67. The average Bonchev–Trinajstić information content (AvgIpc) is 2.07. The normalized spacial score (nSPS) is 10.0. The second kappa shape index (κ2) is 5.82. The summed E-state index contributed by atoms with van der Waals surface area (Å²) in [6.45, 7) is 8.94. The Morgan fingerprint density at radius 2 is 0.917 bits per heavy atom. The molecule has 0 aliphatic heterocycles. The highest BCUT2D eigenvalue weighted by Gasteiger charge is 2.03. The summed E-state index contributed by atoms with van der Waals surface area (Å²) >= 11 is 0. The molecule has 0 spiro atoms. The molecule has 0 aliphatic rings. The van der Waals surface area contributed by atoms with E-state index in [4.69, 9.17) is 0 Å². The van der Waals surface area contributed by atoms with Crippen LogP contribution in [0.3, 0.4) is 0 Å². The summed E-state index contributed by atoms with van der Waals surface area (Å²) in [6.07, 6.45) is 1.27. The van der Waals surface area contributed by atoms with Gasteiger partial charge in [-0.2, -0.15) is 0 Å². The quantitative estimate of drug-likeness (QED) is 0.541. The van der Waals surface area contributed by atoms with E-state index in [1.54, 1.807) is 0 Å². The van der Waals surface area contributed by atoms with Crippen molar-refractivity contribution < 1.29 is 0 Å². The van der Waals surface area contributed by atoms with Crippen molar-refractivity contribution in [2.45, 2.75) is 34.1 Å². The molecule has 1 aromatic carbocycles. The van der Waals surface area contributed by atoms with E-state index in [9.17, 15) is 0 Å². The highest BCUT2D eigenvalue weighted by atomic mass is 14.1. The number of benzene rings is 1. The Labute approximate surface area is 76.6 Å². The summed E-state index contributed by atoms with van der Waals surface area (Å²) in [5.41, 5.74) is 0.542. The Morgan fingerprint density at radius 3 is 1.00 bits per heavy atom. The van der Waals surface area contributed by atoms with Crippen molar-refractivity contribution >= 4 is 0 Å². The maximum absolute atomic E-state index is 2.24. The van der Waals surface area contributed by atoms with Gasteiger partial charge in [-0.05, 0) is 5.41 Å². The SMILES string of the molecule is CCC(C)(C)C.c1ccccc1. The van der Waals surface area contributed by atoms with Crippen molar-refractivity contribution in [2.24, 2.45) is 5.41 Å². The maximum atomic E-state index is 2.24. The third-order valence-corrected chi connectivity index (χ3v) is 1.73. The monoisotopic (exact) mass is 164 g/mol. The molecule has 0 saturated carbocycles. The lowest BCUT2D eigenvalue weighted by atomic mass is 9.94. The third kappa shape index (κ3) is 9.22. The molecular weight excluding hydrogens is 144 g/mol. The first-order valence-corrected chi connectivity index (χ1v) is 4.56. The van der Waals surface area contributed by atoms with Crippen LogP contribution in [-0.2, 0) is 0 Å². The van der Waals surface area contributed by atoms with Gasteiger partial charge in [0, 0.05) is 0 Å². The molecule has 0 heteroatoms. The number of hydrogen-bond donors (Lipinski definition) is 0.